The van der Waals surface area contributed by atoms with Crippen molar-refractivity contribution in [2.45, 2.75) is 26.2 Å². The van der Waals surface area contributed by atoms with Gasteiger partial charge < -0.3 is 9.47 Å². The van der Waals surface area contributed by atoms with Crippen LogP contribution in [0.3, 0.4) is 0 Å². The molecule has 0 aliphatic rings. The van der Waals surface area contributed by atoms with Gasteiger partial charge in [0.1, 0.15) is 5.75 Å². The summed E-state index contributed by atoms with van der Waals surface area (Å²) in [6.07, 6.45) is 0. The molecule has 0 radical (unpaired) electrons. The van der Waals surface area contributed by atoms with Gasteiger partial charge in [-0.05, 0) is 18.1 Å². The summed E-state index contributed by atoms with van der Waals surface area (Å²) in [7, 11) is 1.39. The lowest BCUT2D eigenvalue weighted by atomic mass is 9.86. The Labute approximate surface area is 102 Å². The topological polar surface area (TPSA) is 35.5 Å². The molecular weight excluding hydrogens is 216 g/mol. The Balaban J connectivity index is 3.00. The number of carbonyl (C=O) groups excluding carboxylic acids is 1. The number of esters is 1. The predicted octanol–water partition coefficient (Wildman–Crippen LogP) is 3.05. The third-order valence-electron chi connectivity index (χ3n) is 2.37. The minimum atomic E-state index is -0.566. The van der Waals surface area contributed by atoms with Crippen LogP contribution in [0.1, 0.15) is 26.3 Å². The maximum absolute atomic E-state index is 11.6. The largest absolute Gasteiger partial charge is 0.490 e. The van der Waals surface area contributed by atoms with Crippen LogP contribution in [-0.2, 0) is 14.9 Å². The molecule has 0 bridgehead atoms. The first-order valence-electron chi connectivity index (χ1n) is 5.41. The Morgan fingerprint density at radius 2 is 1.82 bits per heavy atom. The number of para-hydroxylation sites is 1. The van der Waals surface area contributed by atoms with Gasteiger partial charge in [0.15, 0.2) is 5.76 Å². The van der Waals surface area contributed by atoms with Crippen molar-refractivity contribution in [1.29, 1.82) is 0 Å². The van der Waals surface area contributed by atoms with Crippen molar-refractivity contribution < 1.29 is 14.3 Å². The second kappa shape index (κ2) is 5.04. The van der Waals surface area contributed by atoms with Crippen LogP contribution in [0.25, 0.3) is 0 Å². The summed E-state index contributed by atoms with van der Waals surface area (Å²) < 4.78 is 10.0. The molecule has 3 heteroatoms. The zero-order valence-electron chi connectivity index (χ0n) is 10.7. The van der Waals surface area contributed by atoms with E-state index in [1.54, 1.807) is 6.07 Å². The van der Waals surface area contributed by atoms with Gasteiger partial charge in [0.2, 0.25) is 0 Å². The molecule has 0 aromatic heterocycles. The van der Waals surface area contributed by atoms with E-state index in [1.807, 2.05) is 18.2 Å². The van der Waals surface area contributed by atoms with Crippen LogP contribution >= 0.6 is 0 Å². The number of hydrogen-bond acceptors (Lipinski definition) is 3. The molecule has 0 spiro atoms. The van der Waals surface area contributed by atoms with Crippen LogP contribution in [0.5, 0.6) is 5.75 Å². The maximum Gasteiger partial charge on any atom is 0.378 e. The lowest BCUT2D eigenvalue weighted by molar-refractivity contribution is -0.133. The number of rotatable bonds is 3. The van der Waals surface area contributed by atoms with Crippen molar-refractivity contribution in [3.05, 3.63) is 42.2 Å². The Hall–Kier alpha value is -1.77. The maximum atomic E-state index is 11.6. The lowest BCUT2D eigenvalue weighted by Crippen LogP contribution is -2.17. The van der Waals surface area contributed by atoms with Gasteiger partial charge in [-0.1, -0.05) is 39.0 Å². The standard InChI is InChI=1S/C14H18O3/c1-10(16-5)13(15)17-12-9-7-6-8-11(12)14(2,3)4/h6-9H,1H2,2-5H3. The van der Waals surface area contributed by atoms with Gasteiger partial charge >= 0.3 is 5.97 Å². The van der Waals surface area contributed by atoms with E-state index in [-0.39, 0.29) is 11.2 Å². The summed E-state index contributed by atoms with van der Waals surface area (Å²) in [5.74, 6) is -0.0267. The van der Waals surface area contributed by atoms with Crippen molar-refractivity contribution in [3.63, 3.8) is 0 Å². The molecule has 1 rings (SSSR count). The molecule has 0 N–H and O–H groups in total. The molecule has 0 aliphatic carbocycles. The molecule has 0 amide bonds. The van der Waals surface area contributed by atoms with Gasteiger partial charge in [0.25, 0.3) is 0 Å². The lowest BCUT2D eigenvalue weighted by Gasteiger charge is -2.22. The van der Waals surface area contributed by atoms with Crippen molar-refractivity contribution in [1.82, 2.24) is 0 Å². The van der Waals surface area contributed by atoms with Crippen LogP contribution in [0.4, 0.5) is 0 Å². The summed E-state index contributed by atoms with van der Waals surface area (Å²) in [6.45, 7) is 9.65. The first-order valence-corrected chi connectivity index (χ1v) is 5.41. The SMILES string of the molecule is C=C(OC)C(=O)Oc1ccccc1C(C)(C)C. The molecule has 17 heavy (non-hydrogen) atoms. The molecule has 92 valence electrons. The Morgan fingerprint density at radius 3 is 2.35 bits per heavy atom. The van der Waals surface area contributed by atoms with E-state index >= 15 is 0 Å². The minimum Gasteiger partial charge on any atom is -0.490 e. The number of hydrogen-bond donors (Lipinski definition) is 0. The monoisotopic (exact) mass is 234 g/mol. The van der Waals surface area contributed by atoms with Gasteiger partial charge in [0.05, 0.1) is 7.11 Å². The molecule has 1 aromatic rings. The third kappa shape index (κ3) is 3.34. The number of ether oxygens (including phenoxy) is 2. The summed E-state index contributed by atoms with van der Waals surface area (Å²) in [6, 6.07) is 7.45. The van der Waals surface area contributed by atoms with Gasteiger partial charge in [-0.3, -0.25) is 0 Å². The second-order valence-corrected chi connectivity index (χ2v) is 4.76. The number of benzene rings is 1. The molecule has 0 unspecified atom stereocenters. The Kier molecular flexibility index (Phi) is 3.94. The quantitative estimate of drug-likeness (QED) is 0.349. The highest BCUT2D eigenvalue weighted by atomic mass is 16.6. The van der Waals surface area contributed by atoms with Crippen molar-refractivity contribution in [3.8, 4) is 5.75 Å². The van der Waals surface area contributed by atoms with E-state index in [2.05, 4.69) is 27.4 Å². The van der Waals surface area contributed by atoms with E-state index in [1.165, 1.54) is 7.11 Å². The van der Waals surface area contributed by atoms with E-state index in [4.69, 9.17) is 9.47 Å². The van der Waals surface area contributed by atoms with Crippen LogP contribution in [0.2, 0.25) is 0 Å². The van der Waals surface area contributed by atoms with Gasteiger partial charge in [-0.15, -0.1) is 0 Å². The highest BCUT2D eigenvalue weighted by Crippen LogP contribution is 2.31. The zero-order chi connectivity index (χ0) is 13.1. The third-order valence-corrected chi connectivity index (χ3v) is 2.37. The molecule has 0 aliphatic heterocycles. The summed E-state index contributed by atoms with van der Waals surface area (Å²) in [5, 5.41) is 0. The van der Waals surface area contributed by atoms with Crippen LogP contribution in [-0.4, -0.2) is 13.1 Å². The minimum absolute atomic E-state index is 0.00582. The first-order chi connectivity index (χ1) is 7.86. The van der Waals surface area contributed by atoms with Gasteiger partial charge in [0, 0.05) is 5.56 Å². The normalized spacial score (nSPS) is 10.8. The Bertz CT molecular complexity index is 427. The van der Waals surface area contributed by atoms with Crippen molar-refractivity contribution in [2.24, 2.45) is 0 Å². The molecular formula is C14H18O3. The molecule has 0 saturated carbocycles. The fourth-order valence-electron chi connectivity index (χ4n) is 1.42. The summed E-state index contributed by atoms with van der Waals surface area (Å²) >= 11 is 0. The van der Waals surface area contributed by atoms with E-state index in [9.17, 15) is 4.79 Å². The van der Waals surface area contributed by atoms with Crippen molar-refractivity contribution in [2.75, 3.05) is 7.11 Å². The average Bonchev–Trinajstić information content (AvgIpc) is 2.27. The van der Waals surface area contributed by atoms with E-state index in [0.29, 0.717) is 5.75 Å². The van der Waals surface area contributed by atoms with Gasteiger partial charge in [-0.25, -0.2) is 4.79 Å². The first kappa shape index (κ1) is 13.3. The fraction of sp³-hybridized carbons (Fsp3) is 0.357. The van der Waals surface area contributed by atoms with Crippen LogP contribution in [0.15, 0.2) is 36.6 Å². The fourth-order valence-corrected chi connectivity index (χ4v) is 1.42. The molecule has 0 atom stereocenters. The van der Waals surface area contributed by atoms with Gasteiger partial charge in [-0.2, -0.15) is 0 Å². The number of methoxy groups -OCH3 is 1. The zero-order valence-corrected chi connectivity index (χ0v) is 10.7. The molecule has 3 nitrogen and oxygen atoms in total. The van der Waals surface area contributed by atoms with Crippen molar-refractivity contribution >= 4 is 5.97 Å². The molecule has 1 aromatic carbocycles. The smallest absolute Gasteiger partial charge is 0.378 e. The predicted molar refractivity (Wildman–Crippen MR) is 66.9 cm³/mol. The highest BCUT2D eigenvalue weighted by Gasteiger charge is 2.20. The second-order valence-electron chi connectivity index (χ2n) is 4.76. The Morgan fingerprint density at radius 1 is 1.24 bits per heavy atom. The number of carbonyl (C=O) groups is 1. The van der Waals surface area contributed by atoms with Crippen LogP contribution in [0, 0.1) is 0 Å². The average molecular weight is 234 g/mol. The highest BCUT2D eigenvalue weighted by molar-refractivity contribution is 5.87. The summed E-state index contributed by atoms with van der Waals surface area (Å²) in [4.78, 5) is 11.6. The molecule has 0 saturated heterocycles. The van der Waals surface area contributed by atoms with Crippen LogP contribution < -0.4 is 4.74 Å². The summed E-state index contributed by atoms with van der Waals surface area (Å²) in [5.41, 5.74) is 0.878. The molecule has 0 heterocycles. The van der Waals surface area contributed by atoms with E-state index < -0.39 is 5.97 Å². The molecule has 0 fully saturated rings. The van der Waals surface area contributed by atoms with E-state index in [0.717, 1.165) is 5.56 Å².